The normalized spacial score (nSPS) is 21.8. The van der Waals surface area contributed by atoms with Crippen LogP contribution in [0.15, 0.2) is 24.3 Å². The van der Waals surface area contributed by atoms with E-state index in [1.807, 2.05) is 6.92 Å². The Morgan fingerprint density at radius 3 is 2.60 bits per heavy atom. The highest BCUT2D eigenvalue weighted by atomic mass is 16.6. The van der Waals surface area contributed by atoms with Crippen molar-refractivity contribution in [2.75, 3.05) is 13.1 Å². The van der Waals surface area contributed by atoms with E-state index >= 15 is 0 Å². The third-order valence-corrected chi connectivity index (χ3v) is 3.34. The van der Waals surface area contributed by atoms with E-state index in [0.717, 1.165) is 0 Å². The molecule has 108 valence electrons. The fourth-order valence-corrected chi connectivity index (χ4v) is 2.05. The molecule has 1 aliphatic heterocycles. The van der Waals surface area contributed by atoms with Crippen LogP contribution in [-0.4, -0.2) is 40.2 Å². The van der Waals surface area contributed by atoms with Crippen molar-refractivity contribution in [2.24, 2.45) is 5.92 Å². The second kappa shape index (κ2) is 5.87. The highest BCUT2D eigenvalue weighted by Crippen LogP contribution is 2.18. The van der Waals surface area contributed by atoms with Gasteiger partial charge < -0.3 is 14.7 Å². The zero-order valence-electron chi connectivity index (χ0n) is 11.1. The number of aliphatic hydroxyl groups is 1. The molecule has 0 saturated carbocycles. The number of nitrogens with zero attached hydrogens (tertiary/aromatic N) is 2. The first-order valence-electron chi connectivity index (χ1n) is 6.30. The monoisotopic (exact) mass is 280 g/mol. The molecular formula is C13H16N2O5. The molecule has 1 aromatic carbocycles. The van der Waals surface area contributed by atoms with Crippen LogP contribution in [-0.2, 0) is 11.3 Å². The van der Waals surface area contributed by atoms with E-state index in [0.29, 0.717) is 12.1 Å². The summed E-state index contributed by atoms with van der Waals surface area (Å²) in [4.78, 5) is 23.2. The molecule has 1 heterocycles. The second-order valence-corrected chi connectivity index (χ2v) is 4.93. The molecule has 1 N–H and O–H groups in total. The quantitative estimate of drug-likeness (QED) is 0.669. The molecule has 1 aliphatic rings. The lowest BCUT2D eigenvalue weighted by atomic mass is 10.1. The molecule has 1 amide bonds. The van der Waals surface area contributed by atoms with Gasteiger partial charge in [-0.05, 0) is 17.7 Å². The number of hydrogen-bond donors (Lipinski definition) is 1. The van der Waals surface area contributed by atoms with E-state index in [4.69, 9.17) is 4.74 Å². The summed E-state index contributed by atoms with van der Waals surface area (Å²) in [6, 6.07) is 5.83. The van der Waals surface area contributed by atoms with Crippen LogP contribution in [0.2, 0.25) is 0 Å². The standard InChI is InChI=1S/C13H16N2O5/c1-9-6-14(7-12(9)16)13(17)20-8-10-2-4-11(5-3-10)15(18)19/h2-5,9,12,16H,6-8H2,1H3/t9?,12-/m0/s1. The number of amides is 1. The zero-order chi connectivity index (χ0) is 14.7. The summed E-state index contributed by atoms with van der Waals surface area (Å²) < 4.78 is 5.12. The average molecular weight is 280 g/mol. The van der Waals surface area contributed by atoms with Gasteiger partial charge in [-0.1, -0.05) is 6.92 Å². The van der Waals surface area contributed by atoms with Crippen molar-refractivity contribution in [3.05, 3.63) is 39.9 Å². The molecule has 0 radical (unpaired) electrons. The van der Waals surface area contributed by atoms with Gasteiger partial charge in [0.05, 0.1) is 17.6 Å². The summed E-state index contributed by atoms with van der Waals surface area (Å²) in [6.07, 6.45) is -0.992. The molecule has 1 aromatic rings. The number of nitro groups is 1. The third kappa shape index (κ3) is 3.24. The van der Waals surface area contributed by atoms with Gasteiger partial charge >= 0.3 is 6.09 Å². The number of nitro benzene ring substituents is 1. The van der Waals surface area contributed by atoms with Crippen molar-refractivity contribution in [1.82, 2.24) is 4.90 Å². The maximum atomic E-state index is 11.8. The van der Waals surface area contributed by atoms with Crippen molar-refractivity contribution < 1.29 is 19.6 Å². The highest BCUT2D eigenvalue weighted by molar-refractivity contribution is 5.68. The number of hydrogen-bond acceptors (Lipinski definition) is 5. The maximum absolute atomic E-state index is 11.8. The largest absolute Gasteiger partial charge is 0.445 e. The van der Waals surface area contributed by atoms with Crippen molar-refractivity contribution in [1.29, 1.82) is 0 Å². The van der Waals surface area contributed by atoms with Gasteiger partial charge in [0.25, 0.3) is 5.69 Å². The summed E-state index contributed by atoms with van der Waals surface area (Å²) in [5, 5.41) is 20.1. The number of likely N-dealkylation sites (tertiary alicyclic amines) is 1. The van der Waals surface area contributed by atoms with Crippen molar-refractivity contribution in [3.63, 3.8) is 0 Å². The summed E-state index contributed by atoms with van der Waals surface area (Å²) in [5.41, 5.74) is 0.674. The first kappa shape index (κ1) is 14.3. The Balaban J connectivity index is 1.86. The van der Waals surface area contributed by atoms with E-state index in [1.54, 1.807) is 12.1 Å². The molecule has 2 atom stereocenters. The summed E-state index contributed by atoms with van der Waals surface area (Å²) in [5.74, 6) is 0.0434. The Kier molecular flexibility index (Phi) is 4.19. The molecule has 1 unspecified atom stereocenters. The number of aliphatic hydroxyl groups excluding tert-OH is 1. The minimum Gasteiger partial charge on any atom is -0.445 e. The number of rotatable bonds is 3. The molecule has 0 aromatic heterocycles. The number of β-amino-alcohol motifs (C(OH)–C–C–N with tert-alkyl or cyclic N) is 1. The first-order valence-corrected chi connectivity index (χ1v) is 6.30. The molecule has 0 spiro atoms. The number of carbonyl (C=O) groups is 1. The molecule has 1 saturated heterocycles. The Morgan fingerprint density at radius 1 is 1.45 bits per heavy atom. The van der Waals surface area contributed by atoms with E-state index < -0.39 is 17.1 Å². The molecule has 1 fully saturated rings. The Morgan fingerprint density at radius 2 is 2.10 bits per heavy atom. The van der Waals surface area contributed by atoms with Gasteiger partial charge in [0.2, 0.25) is 0 Å². The SMILES string of the molecule is CC1CN(C(=O)OCc2ccc([N+](=O)[O-])cc2)C[C@@H]1O. The summed E-state index contributed by atoms with van der Waals surface area (Å²) >= 11 is 0. The molecule has 2 rings (SSSR count). The lowest BCUT2D eigenvalue weighted by Gasteiger charge is -2.15. The smallest absolute Gasteiger partial charge is 0.410 e. The molecule has 0 bridgehead atoms. The van der Waals surface area contributed by atoms with Crippen molar-refractivity contribution in [3.8, 4) is 0 Å². The fourth-order valence-electron chi connectivity index (χ4n) is 2.05. The van der Waals surface area contributed by atoms with Crippen LogP contribution in [0.3, 0.4) is 0 Å². The second-order valence-electron chi connectivity index (χ2n) is 4.93. The van der Waals surface area contributed by atoms with E-state index in [2.05, 4.69) is 0 Å². The predicted molar refractivity (Wildman–Crippen MR) is 70.0 cm³/mol. The molecule has 20 heavy (non-hydrogen) atoms. The maximum Gasteiger partial charge on any atom is 0.410 e. The van der Waals surface area contributed by atoms with Gasteiger partial charge in [-0.2, -0.15) is 0 Å². The minimum absolute atomic E-state index is 0.00318. The minimum atomic E-state index is -0.512. The van der Waals surface area contributed by atoms with Gasteiger partial charge in [0.15, 0.2) is 0 Å². The summed E-state index contributed by atoms with van der Waals surface area (Å²) in [6.45, 7) is 2.67. The highest BCUT2D eigenvalue weighted by Gasteiger charge is 2.31. The summed E-state index contributed by atoms with van der Waals surface area (Å²) in [7, 11) is 0. The number of benzene rings is 1. The van der Waals surface area contributed by atoms with Gasteiger partial charge in [-0.15, -0.1) is 0 Å². The lowest BCUT2D eigenvalue weighted by molar-refractivity contribution is -0.384. The van der Waals surface area contributed by atoms with Crippen LogP contribution in [0.4, 0.5) is 10.5 Å². The Bertz CT molecular complexity index is 492. The van der Waals surface area contributed by atoms with Gasteiger partial charge in [0, 0.05) is 24.6 Å². The van der Waals surface area contributed by atoms with Gasteiger partial charge in [-0.3, -0.25) is 10.1 Å². The third-order valence-electron chi connectivity index (χ3n) is 3.34. The molecule has 7 heteroatoms. The van der Waals surface area contributed by atoms with Crippen LogP contribution >= 0.6 is 0 Å². The van der Waals surface area contributed by atoms with E-state index in [1.165, 1.54) is 17.0 Å². The van der Waals surface area contributed by atoms with Crippen LogP contribution in [0.5, 0.6) is 0 Å². The van der Waals surface area contributed by atoms with Crippen LogP contribution in [0, 0.1) is 16.0 Å². The van der Waals surface area contributed by atoms with Gasteiger partial charge in [0.1, 0.15) is 6.61 Å². The number of non-ortho nitro benzene ring substituents is 1. The fraction of sp³-hybridized carbons (Fsp3) is 0.462. The lowest BCUT2D eigenvalue weighted by Crippen LogP contribution is -2.30. The predicted octanol–water partition coefficient (Wildman–Crippen LogP) is 1.54. The van der Waals surface area contributed by atoms with E-state index in [-0.39, 0.29) is 24.8 Å². The van der Waals surface area contributed by atoms with Crippen LogP contribution < -0.4 is 0 Å². The Labute approximate surface area is 115 Å². The number of ether oxygens (including phenoxy) is 1. The average Bonchev–Trinajstić information content (AvgIpc) is 2.76. The van der Waals surface area contributed by atoms with Crippen molar-refractivity contribution >= 4 is 11.8 Å². The Hall–Kier alpha value is -2.15. The van der Waals surface area contributed by atoms with Crippen LogP contribution in [0.25, 0.3) is 0 Å². The van der Waals surface area contributed by atoms with Crippen molar-refractivity contribution in [2.45, 2.75) is 19.6 Å². The topological polar surface area (TPSA) is 92.9 Å². The molecular weight excluding hydrogens is 264 g/mol. The first-order chi connectivity index (χ1) is 9.47. The van der Waals surface area contributed by atoms with Crippen LogP contribution in [0.1, 0.15) is 12.5 Å². The van der Waals surface area contributed by atoms with Gasteiger partial charge in [-0.25, -0.2) is 4.79 Å². The molecule has 7 nitrogen and oxygen atoms in total. The van der Waals surface area contributed by atoms with E-state index in [9.17, 15) is 20.0 Å². The molecule has 0 aliphatic carbocycles. The zero-order valence-corrected chi connectivity index (χ0v) is 11.1. The number of carbonyl (C=O) groups excluding carboxylic acids is 1.